The van der Waals surface area contributed by atoms with Crippen LogP contribution in [0.3, 0.4) is 0 Å². The summed E-state index contributed by atoms with van der Waals surface area (Å²) in [4.78, 5) is 23.4. The topological polar surface area (TPSA) is 73.5 Å². The SMILES string of the molecule is O=C(Cn1c(COc2ccccc2)nc2ccccc21)Nc1c(-c2ccc(F)cc2)nc2sccn12. The molecule has 1 N–H and O–H groups in total. The summed E-state index contributed by atoms with van der Waals surface area (Å²) in [6.07, 6.45) is 1.85. The van der Waals surface area contributed by atoms with E-state index in [0.29, 0.717) is 22.9 Å². The minimum Gasteiger partial charge on any atom is -0.486 e. The Balaban J connectivity index is 1.31. The number of nitrogens with one attached hydrogen (secondary N) is 1. The Bertz CT molecular complexity index is 1670. The van der Waals surface area contributed by atoms with Crippen molar-refractivity contribution in [2.24, 2.45) is 0 Å². The van der Waals surface area contributed by atoms with Crippen molar-refractivity contribution in [2.45, 2.75) is 13.2 Å². The molecule has 0 fully saturated rings. The van der Waals surface area contributed by atoms with Gasteiger partial charge in [-0.15, -0.1) is 11.3 Å². The Morgan fingerprint density at radius 3 is 2.58 bits per heavy atom. The second kappa shape index (κ2) is 9.27. The third-order valence-corrected chi connectivity index (χ3v) is 6.54. The van der Waals surface area contributed by atoms with Crippen LogP contribution in [0.15, 0.2) is 90.4 Å². The number of carbonyl (C=O) groups is 1. The molecule has 7 nitrogen and oxygen atoms in total. The van der Waals surface area contributed by atoms with Gasteiger partial charge in [-0.3, -0.25) is 9.20 Å². The van der Waals surface area contributed by atoms with Gasteiger partial charge in [0.15, 0.2) is 4.96 Å². The van der Waals surface area contributed by atoms with Crippen LogP contribution in [0.25, 0.3) is 27.3 Å². The fourth-order valence-electron chi connectivity index (χ4n) is 4.11. The lowest BCUT2D eigenvalue weighted by molar-refractivity contribution is -0.116. The molecule has 3 aromatic heterocycles. The number of anilines is 1. The molecule has 0 radical (unpaired) electrons. The van der Waals surface area contributed by atoms with E-state index in [2.05, 4.69) is 10.3 Å². The lowest BCUT2D eigenvalue weighted by Crippen LogP contribution is -2.21. The Morgan fingerprint density at radius 1 is 0.972 bits per heavy atom. The molecule has 1 amide bonds. The predicted molar refractivity (Wildman–Crippen MR) is 138 cm³/mol. The molecule has 0 aliphatic heterocycles. The summed E-state index contributed by atoms with van der Waals surface area (Å²) in [6.45, 7) is 0.252. The van der Waals surface area contributed by atoms with Crippen LogP contribution < -0.4 is 10.1 Å². The number of ether oxygens (including phenoxy) is 1. The van der Waals surface area contributed by atoms with E-state index < -0.39 is 0 Å². The number of hydrogen-bond donors (Lipinski definition) is 1. The van der Waals surface area contributed by atoms with Crippen molar-refractivity contribution in [2.75, 3.05) is 5.32 Å². The zero-order valence-electron chi connectivity index (χ0n) is 19.0. The van der Waals surface area contributed by atoms with Crippen molar-refractivity contribution < 1.29 is 13.9 Å². The van der Waals surface area contributed by atoms with E-state index >= 15 is 0 Å². The van der Waals surface area contributed by atoms with E-state index in [1.165, 1.54) is 23.5 Å². The van der Waals surface area contributed by atoms with Crippen molar-refractivity contribution >= 4 is 39.1 Å². The molecule has 6 rings (SSSR count). The number of amides is 1. The van der Waals surface area contributed by atoms with Gasteiger partial charge in [0.25, 0.3) is 0 Å². The summed E-state index contributed by atoms with van der Waals surface area (Å²) in [6, 6.07) is 23.2. The van der Waals surface area contributed by atoms with E-state index in [1.54, 1.807) is 12.1 Å². The van der Waals surface area contributed by atoms with Crippen LogP contribution in [-0.4, -0.2) is 24.8 Å². The van der Waals surface area contributed by atoms with E-state index in [0.717, 1.165) is 21.7 Å². The van der Waals surface area contributed by atoms with Crippen LogP contribution in [-0.2, 0) is 17.9 Å². The Labute approximate surface area is 209 Å². The summed E-state index contributed by atoms with van der Waals surface area (Å²) in [5.74, 6) is 1.33. The number of halogens is 1. The summed E-state index contributed by atoms with van der Waals surface area (Å²) in [5, 5.41) is 4.92. The zero-order valence-corrected chi connectivity index (χ0v) is 19.8. The molecular weight excluding hydrogens is 477 g/mol. The molecule has 0 aliphatic rings. The second-order valence-electron chi connectivity index (χ2n) is 8.12. The monoisotopic (exact) mass is 497 g/mol. The Morgan fingerprint density at radius 2 is 1.75 bits per heavy atom. The van der Waals surface area contributed by atoms with Gasteiger partial charge in [-0.2, -0.15) is 0 Å². The number of fused-ring (bicyclic) bond motifs is 2. The number of para-hydroxylation sites is 3. The van der Waals surface area contributed by atoms with Gasteiger partial charge in [0.05, 0.1) is 11.0 Å². The van der Waals surface area contributed by atoms with Crippen molar-refractivity contribution in [3.8, 4) is 17.0 Å². The summed E-state index contributed by atoms with van der Waals surface area (Å²) < 4.78 is 23.1. The molecule has 0 saturated heterocycles. The van der Waals surface area contributed by atoms with Crippen LogP contribution in [0.4, 0.5) is 10.2 Å². The molecule has 36 heavy (non-hydrogen) atoms. The quantitative estimate of drug-likeness (QED) is 0.304. The molecule has 0 atom stereocenters. The number of hydrogen-bond acceptors (Lipinski definition) is 5. The van der Waals surface area contributed by atoms with E-state index in [-0.39, 0.29) is 24.9 Å². The molecule has 0 bridgehead atoms. The Hall–Kier alpha value is -4.50. The molecule has 0 spiro atoms. The van der Waals surface area contributed by atoms with Crippen molar-refractivity contribution in [1.29, 1.82) is 0 Å². The van der Waals surface area contributed by atoms with Crippen molar-refractivity contribution in [3.05, 3.63) is 102 Å². The van der Waals surface area contributed by atoms with Crippen LogP contribution in [0.2, 0.25) is 0 Å². The van der Waals surface area contributed by atoms with Crippen molar-refractivity contribution in [3.63, 3.8) is 0 Å². The molecule has 9 heteroatoms. The molecule has 178 valence electrons. The first-order valence-electron chi connectivity index (χ1n) is 11.3. The molecule has 3 aromatic carbocycles. The zero-order chi connectivity index (χ0) is 24.5. The maximum atomic E-state index is 13.5. The first kappa shape index (κ1) is 22.0. The van der Waals surface area contributed by atoms with Gasteiger partial charge < -0.3 is 14.6 Å². The Kier molecular flexibility index (Phi) is 5.67. The summed E-state index contributed by atoms with van der Waals surface area (Å²) in [7, 11) is 0. The molecular formula is C27H20FN5O2S. The van der Waals surface area contributed by atoms with Gasteiger partial charge in [0.2, 0.25) is 5.91 Å². The standard InChI is InChI=1S/C27H20FN5O2S/c28-19-12-10-18(11-13-19)25-26(32-14-15-36-27(32)31-25)30-24(34)16-33-22-9-5-4-8-21(22)29-23(33)17-35-20-6-2-1-3-7-20/h1-15H,16-17H2,(H,30,34). The normalized spacial score (nSPS) is 11.2. The number of carbonyl (C=O) groups excluding carboxylic acids is 1. The average Bonchev–Trinajstić information content (AvgIpc) is 3.59. The highest BCUT2D eigenvalue weighted by Gasteiger charge is 2.20. The summed E-state index contributed by atoms with van der Waals surface area (Å²) >= 11 is 1.46. The molecule has 0 unspecified atom stereocenters. The minimum atomic E-state index is -0.331. The first-order valence-corrected chi connectivity index (χ1v) is 12.2. The van der Waals surface area contributed by atoms with Gasteiger partial charge in [-0.05, 0) is 48.5 Å². The van der Waals surface area contributed by atoms with E-state index in [9.17, 15) is 9.18 Å². The number of aromatic nitrogens is 4. The first-order chi connectivity index (χ1) is 17.7. The highest BCUT2D eigenvalue weighted by molar-refractivity contribution is 7.15. The third-order valence-electron chi connectivity index (χ3n) is 5.78. The van der Waals surface area contributed by atoms with Crippen molar-refractivity contribution in [1.82, 2.24) is 18.9 Å². The second-order valence-corrected chi connectivity index (χ2v) is 9.00. The van der Waals surface area contributed by atoms with Gasteiger partial charge in [0, 0.05) is 17.1 Å². The average molecular weight is 498 g/mol. The van der Waals surface area contributed by atoms with Gasteiger partial charge >= 0.3 is 0 Å². The number of benzene rings is 3. The van der Waals surface area contributed by atoms with Crippen LogP contribution in [0.5, 0.6) is 5.75 Å². The summed E-state index contributed by atoms with van der Waals surface area (Å²) in [5.41, 5.74) is 2.92. The predicted octanol–water partition coefficient (Wildman–Crippen LogP) is 5.77. The fourth-order valence-corrected chi connectivity index (χ4v) is 4.82. The van der Waals surface area contributed by atoms with Gasteiger partial charge in [-0.1, -0.05) is 30.3 Å². The maximum absolute atomic E-state index is 13.5. The largest absolute Gasteiger partial charge is 0.486 e. The highest BCUT2D eigenvalue weighted by atomic mass is 32.1. The van der Waals surface area contributed by atoms with Crippen LogP contribution in [0.1, 0.15) is 5.82 Å². The van der Waals surface area contributed by atoms with Crippen LogP contribution >= 0.6 is 11.3 Å². The molecule has 3 heterocycles. The van der Waals surface area contributed by atoms with Crippen LogP contribution in [0, 0.1) is 5.82 Å². The maximum Gasteiger partial charge on any atom is 0.245 e. The third kappa shape index (κ3) is 4.20. The van der Waals surface area contributed by atoms with Gasteiger partial charge in [0.1, 0.15) is 42.1 Å². The number of thiazole rings is 1. The smallest absolute Gasteiger partial charge is 0.245 e. The van der Waals surface area contributed by atoms with E-state index in [1.807, 2.05) is 75.1 Å². The number of imidazole rings is 2. The minimum absolute atomic E-state index is 0.0359. The molecule has 0 saturated carbocycles. The lowest BCUT2D eigenvalue weighted by Gasteiger charge is -2.12. The number of nitrogens with zero attached hydrogens (tertiary/aromatic N) is 4. The van der Waals surface area contributed by atoms with E-state index in [4.69, 9.17) is 9.72 Å². The number of rotatable bonds is 7. The lowest BCUT2D eigenvalue weighted by atomic mass is 10.1. The van der Waals surface area contributed by atoms with Gasteiger partial charge in [-0.25, -0.2) is 14.4 Å². The fraction of sp³-hybridized carbons (Fsp3) is 0.0741. The molecule has 0 aliphatic carbocycles. The molecule has 6 aromatic rings. The highest BCUT2D eigenvalue weighted by Crippen LogP contribution is 2.31.